The quantitative estimate of drug-likeness (QED) is 0.404. The van der Waals surface area contributed by atoms with Crippen molar-refractivity contribution >= 4 is 56.4 Å². The fraction of sp³-hybridized carbons (Fsp3) is 0.667. The number of hydrogen-bond acceptors (Lipinski definition) is 5. The highest BCUT2D eigenvalue weighted by Gasteiger charge is 2.12. The Morgan fingerprint density at radius 1 is 1.00 bits per heavy atom. The summed E-state index contributed by atoms with van der Waals surface area (Å²) in [6.07, 6.45) is 0. The van der Waals surface area contributed by atoms with Gasteiger partial charge in [-0.3, -0.25) is 0 Å². The van der Waals surface area contributed by atoms with E-state index in [0.717, 1.165) is 3.82 Å². The van der Waals surface area contributed by atoms with E-state index in [9.17, 15) is 0 Å². The molecule has 1 aromatic heterocycles. The van der Waals surface area contributed by atoms with Crippen LogP contribution in [0.4, 0.5) is 0 Å². The van der Waals surface area contributed by atoms with Gasteiger partial charge in [0.05, 0.1) is 9.10 Å². The maximum absolute atomic E-state index is 5.34. The van der Waals surface area contributed by atoms with Crippen LogP contribution in [0.5, 0.6) is 0 Å². The van der Waals surface area contributed by atoms with Crippen molar-refractivity contribution in [1.29, 1.82) is 0 Å². The fourth-order valence-corrected chi connectivity index (χ4v) is 6.97. The first-order valence-electron chi connectivity index (χ1n) is 4.47. The van der Waals surface area contributed by atoms with Crippen LogP contribution in [0, 0.1) is 3.82 Å². The summed E-state index contributed by atoms with van der Waals surface area (Å²) in [7, 11) is 3.56. The van der Waals surface area contributed by atoms with E-state index in [4.69, 9.17) is 12.2 Å². The molecule has 0 saturated carbocycles. The van der Waals surface area contributed by atoms with Gasteiger partial charge in [-0.25, -0.2) is 0 Å². The maximum atomic E-state index is 5.34. The Balaban J connectivity index is 2.88. The zero-order chi connectivity index (χ0) is 10.7. The minimum absolute atomic E-state index is 0.616. The number of rotatable bonds is 4. The molecule has 0 nitrogen and oxygen atoms in total. The average Bonchev–Trinajstić information content (AvgIpc) is 2.34. The van der Waals surface area contributed by atoms with Crippen molar-refractivity contribution in [2.75, 3.05) is 0 Å². The normalized spacial score (nSPS) is 11.6. The lowest BCUT2D eigenvalue weighted by Gasteiger charge is -2.06. The van der Waals surface area contributed by atoms with Crippen molar-refractivity contribution in [2.45, 2.75) is 47.3 Å². The second-order valence-electron chi connectivity index (χ2n) is 3.40. The lowest BCUT2D eigenvalue weighted by Crippen LogP contribution is -1.88. The molecule has 0 aliphatic rings. The molecule has 1 rings (SSSR count). The van der Waals surface area contributed by atoms with E-state index in [1.165, 1.54) is 9.10 Å². The third-order valence-corrected chi connectivity index (χ3v) is 7.45. The van der Waals surface area contributed by atoms with Gasteiger partial charge in [-0.05, 0) is 0 Å². The van der Waals surface area contributed by atoms with Crippen LogP contribution in [0.1, 0.15) is 27.7 Å². The standard InChI is InChI=1S/C9H14S5/c1-5(2)11-7-8(10)13-14-9(7)12-6(3)4/h5-6H,1-4H3. The number of hydrogen-bond donors (Lipinski definition) is 0. The summed E-state index contributed by atoms with van der Waals surface area (Å²) in [5, 5.41) is 1.26. The monoisotopic (exact) mass is 282 g/mol. The SMILES string of the molecule is CC(C)Sc1ssc(=S)c1SC(C)C. The predicted octanol–water partition coefficient (Wildman–Crippen LogP) is 5.54. The van der Waals surface area contributed by atoms with Gasteiger partial charge in [-0.15, -0.1) is 23.5 Å². The molecule has 5 heteroatoms. The highest BCUT2D eigenvalue weighted by Crippen LogP contribution is 2.42. The maximum Gasteiger partial charge on any atom is 0.116 e. The Morgan fingerprint density at radius 3 is 2.07 bits per heavy atom. The van der Waals surface area contributed by atoms with Gasteiger partial charge in [0.25, 0.3) is 0 Å². The van der Waals surface area contributed by atoms with Crippen molar-refractivity contribution in [1.82, 2.24) is 0 Å². The summed E-state index contributed by atoms with van der Waals surface area (Å²) < 4.78 is 2.48. The van der Waals surface area contributed by atoms with Crippen LogP contribution in [0.2, 0.25) is 0 Å². The van der Waals surface area contributed by atoms with E-state index in [1.54, 1.807) is 10.3 Å². The Kier molecular flexibility index (Phi) is 5.49. The molecule has 0 N–H and O–H groups in total. The molecular weight excluding hydrogens is 268 g/mol. The third kappa shape index (κ3) is 3.85. The van der Waals surface area contributed by atoms with Crippen LogP contribution in [-0.4, -0.2) is 10.5 Å². The molecular formula is C9H14S5. The van der Waals surface area contributed by atoms with Crippen molar-refractivity contribution in [3.63, 3.8) is 0 Å². The summed E-state index contributed by atoms with van der Waals surface area (Å²) in [5.41, 5.74) is 0. The highest BCUT2D eigenvalue weighted by molar-refractivity contribution is 8.06. The Labute approximate surface area is 107 Å². The lowest BCUT2D eigenvalue weighted by molar-refractivity contribution is 1.09. The van der Waals surface area contributed by atoms with Crippen molar-refractivity contribution in [3.8, 4) is 0 Å². The van der Waals surface area contributed by atoms with Gasteiger partial charge in [0.1, 0.15) is 3.82 Å². The van der Waals surface area contributed by atoms with Crippen LogP contribution in [-0.2, 0) is 0 Å². The summed E-state index contributed by atoms with van der Waals surface area (Å²) in [5.74, 6) is 0. The molecule has 0 bridgehead atoms. The second-order valence-corrected chi connectivity index (χ2v) is 9.65. The Bertz CT molecular complexity index is 333. The zero-order valence-corrected chi connectivity index (χ0v) is 12.8. The summed E-state index contributed by atoms with van der Waals surface area (Å²) in [6.45, 7) is 8.88. The minimum Gasteiger partial charge on any atom is -0.119 e. The van der Waals surface area contributed by atoms with Crippen molar-refractivity contribution in [3.05, 3.63) is 3.82 Å². The van der Waals surface area contributed by atoms with Crippen LogP contribution >= 0.6 is 56.4 Å². The molecule has 1 heterocycles. The highest BCUT2D eigenvalue weighted by atomic mass is 32.9. The van der Waals surface area contributed by atoms with Gasteiger partial charge >= 0.3 is 0 Å². The second kappa shape index (κ2) is 5.89. The van der Waals surface area contributed by atoms with E-state index < -0.39 is 0 Å². The van der Waals surface area contributed by atoms with E-state index in [1.807, 2.05) is 33.9 Å². The third-order valence-electron chi connectivity index (χ3n) is 1.26. The first-order chi connectivity index (χ1) is 6.50. The minimum atomic E-state index is 0.616. The van der Waals surface area contributed by atoms with Gasteiger partial charge in [0.15, 0.2) is 0 Å². The van der Waals surface area contributed by atoms with Crippen LogP contribution < -0.4 is 0 Å². The number of thioether (sulfide) groups is 2. The first-order valence-corrected chi connectivity index (χ1v) is 8.79. The summed E-state index contributed by atoms with van der Waals surface area (Å²) in [4.78, 5) is 1.34. The molecule has 0 radical (unpaired) electrons. The summed E-state index contributed by atoms with van der Waals surface area (Å²) in [6, 6.07) is 0. The topological polar surface area (TPSA) is 0 Å². The van der Waals surface area contributed by atoms with Crippen molar-refractivity contribution < 1.29 is 0 Å². The van der Waals surface area contributed by atoms with Crippen LogP contribution in [0.25, 0.3) is 0 Å². The molecule has 0 fully saturated rings. The molecule has 14 heavy (non-hydrogen) atoms. The van der Waals surface area contributed by atoms with Gasteiger partial charge in [0.2, 0.25) is 0 Å². The molecule has 1 aromatic rings. The Morgan fingerprint density at radius 2 is 1.57 bits per heavy atom. The fourth-order valence-electron chi connectivity index (χ4n) is 0.854. The van der Waals surface area contributed by atoms with E-state index >= 15 is 0 Å². The first kappa shape index (κ1) is 13.0. The molecule has 0 atom stereocenters. The van der Waals surface area contributed by atoms with E-state index in [2.05, 4.69) is 27.7 Å². The van der Waals surface area contributed by atoms with Gasteiger partial charge in [0, 0.05) is 10.5 Å². The molecule has 0 unspecified atom stereocenters. The van der Waals surface area contributed by atoms with Gasteiger partial charge < -0.3 is 0 Å². The molecule has 0 aliphatic heterocycles. The van der Waals surface area contributed by atoms with E-state index in [-0.39, 0.29) is 0 Å². The van der Waals surface area contributed by atoms with Gasteiger partial charge in [-0.2, -0.15) is 0 Å². The molecule has 0 amide bonds. The van der Waals surface area contributed by atoms with Crippen LogP contribution in [0.3, 0.4) is 0 Å². The summed E-state index contributed by atoms with van der Waals surface area (Å²) >= 11 is 9.16. The molecule has 0 spiro atoms. The largest absolute Gasteiger partial charge is 0.119 e. The predicted molar refractivity (Wildman–Crippen MR) is 75.0 cm³/mol. The van der Waals surface area contributed by atoms with Crippen LogP contribution in [0.15, 0.2) is 9.10 Å². The Hall–Kier alpha value is 0.970. The molecule has 0 aromatic carbocycles. The van der Waals surface area contributed by atoms with Crippen molar-refractivity contribution in [2.24, 2.45) is 0 Å². The van der Waals surface area contributed by atoms with Gasteiger partial charge in [-0.1, -0.05) is 60.6 Å². The zero-order valence-electron chi connectivity index (χ0n) is 8.70. The lowest BCUT2D eigenvalue weighted by atomic mass is 10.6. The average molecular weight is 283 g/mol. The molecule has 0 aliphatic carbocycles. The van der Waals surface area contributed by atoms with E-state index in [0.29, 0.717) is 10.5 Å². The smallest absolute Gasteiger partial charge is 0.116 e. The molecule has 0 saturated heterocycles. The molecule has 80 valence electrons.